The normalized spacial score (nSPS) is 11.4. The van der Waals surface area contributed by atoms with Crippen LogP contribution in [-0.2, 0) is 0 Å². The standard InChI is InChI=1S/C31H40N4O2/c1-19(2)23-13-11-14-24(20(3)4)28(23)34-31(37)35(30(36)33-27-17-9-10-18-32-27)29-25(21(5)6)15-12-16-26(29)22(7)8/h9-22H,1-8H3,(H,34,37)(H,32,33,36). The Kier molecular flexibility index (Phi) is 9.09. The summed E-state index contributed by atoms with van der Waals surface area (Å²) in [6, 6.07) is 16.3. The molecule has 1 heterocycles. The minimum absolute atomic E-state index is 0.0980. The van der Waals surface area contributed by atoms with Crippen molar-refractivity contribution < 1.29 is 9.59 Å². The number of hydrogen-bond donors (Lipinski definition) is 2. The van der Waals surface area contributed by atoms with E-state index in [0.717, 1.165) is 27.9 Å². The van der Waals surface area contributed by atoms with Gasteiger partial charge in [0.1, 0.15) is 5.82 Å². The van der Waals surface area contributed by atoms with Crippen molar-refractivity contribution >= 4 is 29.3 Å². The molecule has 2 N–H and O–H groups in total. The van der Waals surface area contributed by atoms with Crippen molar-refractivity contribution in [2.24, 2.45) is 0 Å². The number of benzene rings is 2. The maximum atomic E-state index is 14.2. The first-order valence-electron chi connectivity index (χ1n) is 13.1. The van der Waals surface area contributed by atoms with E-state index >= 15 is 0 Å². The van der Waals surface area contributed by atoms with Crippen LogP contribution < -0.4 is 15.5 Å². The fourth-order valence-electron chi connectivity index (χ4n) is 4.53. The maximum Gasteiger partial charge on any atom is 0.335 e. The molecule has 0 saturated heterocycles. The van der Waals surface area contributed by atoms with E-state index in [9.17, 15) is 9.59 Å². The predicted octanol–water partition coefficient (Wildman–Crippen LogP) is 8.85. The smallest absolute Gasteiger partial charge is 0.307 e. The molecular weight excluding hydrogens is 460 g/mol. The first-order valence-corrected chi connectivity index (χ1v) is 13.1. The van der Waals surface area contributed by atoms with Gasteiger partial charge in [0, 0.05) is 11.9 Å². The van der Waals surface area contributed by atoms with Crippen LogP contribution in [0, 0.1) is 0 Å². The third-order valence-corrected chi connectivity index (χ3v) is 6.48. The Hall–Kier alpha value is -3.67. The van der Waals surface area contributed by atoms with Crippen molar-refractivity contribution in [2.75, 3.05) is 15.5 Å². The van der Waals surface area contributed by atoms with Crippen LogP contribution in [0.25, 0.3) is 0 Å². The van der Waals surface area contributed by atoms with Gasteiger partial charge in [-0.2, -0.15) is 0 Å². The number of nitrogens with zero attached hydrogens (tertiary/aromatic N) is 2. The maximum absolute atomic E-state index is 14.2. The van der Waals surface area contributed by atoms with Crippen molar-refractivity contribution in [3.05, 3.63) is 83.0 Å². The van der Waals surface area contributed by atoms with Gasteiger partial charge in [0.2, 0.25) is 0 Å². The van der Waals surface area contributed by atoms with E-state index in [1.165, 1.54) is 4.90 Å². The Morgan fingerprint density at radius 2 is 1.08 bits per heavy atom. The summed E-state index contributed by atoms with van der Waals surface area (Å²) in [6.07, 6.45) is 1.61. The first-order chi connectivity index (χ1) is 17.5. The first kappa shape index (κ1) is 27.9. The largest absolute Gasteiger partial charge is 0.335 e. The lowest BCUT2D eigenvalue weighted by Gasteiger charge is -2.30. The second-order valence-corrected chi connectivity index (χ2v) is 10.6. The average Bonchev–Trinajstić information content (AvgIpc) is 2.84. The summed E-state index contributed by atoms with van der Waals surface area (Å²) in [6.45, 7) is 16.7. The van der Waals surface area contributed by atoms with E-state index in [-0.39, 0.29) is 23.7 Å². The number of nitrogens with one attached hydrogen (secondary N) is 2. The van der Waals surface area contributed by atoms with Crippen LogP contribution in [0.4, 0.5) is 26.8 Å². The van der Waals surface area contributed by atoms with Crippen molar-refractivity contribution in [3.8, 4) is 0 Å². The molecule has 2 aromatic carbocycles. The van der Waals surface area contributed by atoms with Gasteiger partial charge in [0.15, 0.2) is 0 Å². The summed E-state index contributed by atoms with van der Waals surface area (Å²) in [5, 5.41) is 5.97. The summed E-state index contributed by atoms with van der Waals surface area (Å²) in [7, 11) is 0. The Labute approximate surface area is 221 Å². The lowest BCUT2D eigenvalue weighted by Crippen LogP contribution is -2.44. The zero-order chi connectivity index (χ0) is 27.3. The predicted molar refractivity (Wildman–Crippen MR) is 154 cm³/mol. The molecule has 0 spiro atoms. The second-order valence-electron chi connectivity index (χ2n) is 10.6. The molecule has 3 rings (SSSR count). The number of imide groups is 1. The number of carbonyl (C=O) groups excluding carboxylic acids is 2. The van der Waals surface area contributed by atoms with Crippen LogP contribution in [0.3, 0.4) is 0 Å². The minimum Gasteiger partial charge on any atom is -0.307 e. The Morgan fingerprint density at radius 1 is 0.622 bits per heavy atom. The molecule has 0 atom stereocenters. The van der Waals surface area contributed by atoms with Gasteiger partial charge in [-0.3, -0.25) is 5.32 Å². The molecular formula is C31H40N4O2. The summed E-state index contributed by atoms with van der Waals surface area (Å²) >= 11 is 0. The van der Waals surface area contributed by atoms with E-state index in [1.807, 2.05) is 36.4 Å². The van der Waals surface area contributed by atoms with E-state index in [0.29, 0.717) is 11.5 Å². The van der Waals surface area contributed by atoms with E-state index in [1.54, 1.807) is 24.4 Å². The quantitative estimate of drug-likeness (QED) is 0.340. The van der Waals surface area contributed by atoms with Crippen LogP contribution in [0.2, 0.25) is 0 Å². The molecule has 0 aliphatic carbocycles. The van der Waals surface area contributed by atoms with Gasteiger partial charge in [0.25, 0.3) is 0 Å². The van der Waals surface area contributed by atoms with Crippen LogP contribution in [0.1, 0.15) is 101 Å². The number of carbonyl (C=O) groups is 2. The molecule has 4 amide bonds. The summed E-state index contributed by atoms with van der Waals surface area (Å²) < 4.78 is 0. The number of para-hydroxylation sites is 2. The fourth-order valence-corrected chi connectivity index (χ4v) is 4.53. The van der Waals surface area contributed by atoms with E-state index in [2.05, 4.69) is 71.0 Å². The Morgan fingerprint density at radius 3 is 1.51 bits per heavy atom. The highest BCUT2D eigenvalue weighted by molar-refractivity contribution is 6.22. The number of rotatable bonds is 7. The highest BCUT2D eigenvalue weighted by Gasteiger charge is 2.31. The third kappa shape index (κ3) is 6.37. The molecule has 0 unspecified atom stereocenters. The van der Waals surface area contributed by atoms with E-state index < -0.39 is 12.1 Å². The van der Waals surface area contributed by atoms with Gasteiger partial charge in [-0.1, -0.05) is 97.9 Å². The van der Waals surface area contributed by atoms with Crippen molar-refractivity contribution in [3.63, 3.8) is 0 Å². The number of anilines is 3. The van der Waals surface area contributed by atoms with Crippen molar-refractivity contribution in [2.45, 2.75) is 79.1 Å². The van der Waals surface area contributed by atoms with Crippen LogP contribution in [0.5, 0.6) is 0 Å². The second kappa shape index (κ2) is 12.0. The monoisotopic (exact) mass is 500 g/mol. The lowest BCUT2D eigenvalue weighted by molar-refractivity contribution is 0.246. The number of pyridine rings is 1. The molecule has 6 heteroatoms. The molecule has 196 valence electrons. The zero-order valence-electron chi connectivity index (χ0n) is 23.3. The zero-order valence-corrected chi connectivity index (χ0v) is 23.3. The van der Waals surface area contributed by atoms with Crippen LogP contribution in [-0.4, -0.2) is 17.0 Å². The SMILES string of the molecule is CC(C)c1cccc(C(C)C)c1NC(=O)N(C(=O)Nc1ccccn1)c1c(C(C)C)cccc1C(C)C. The molecule has 37 heavy (non-hydrogen) atoms. The van der Waals surface area contributed by atoms with Crippen LogP contribution in [0.15, 0.2) is 60.8 Å². The van der Waals surface area contributed by atoms with Crippen LogP contribution >= 0.6 is 0 Å². The number of amides is 4. The summed E-state index contributed by atoms with van der Waals surface area (Å²) in [4.78, 5) is 33.5. The highest BCUT2D eigenvalue weighted by Crippen LogP contribution is 2.37. The molecule has 0 radical (unpaired) electrons. The van der Waals surface area contributed by atoms with Gasteiger partial charge in [0.05, 0.1) is 5.69 Å². The average molecular weight is 501 g/mol. The number of aromatic nitrogens is 1. The molecule has 6 nitrogen and oxygen atoms in total. The van der Waals surface area contributed by atoms with Gasteiger partial charge in [-0.15, -0.1) is 0 Å². The summed E-state index contributed by atoms with van der Waals surface area (Å²) in [5.41, 5.74) is 5.31. The highest BCUT2D eigenvalue weighted by atomic mass is 16.2. The number of urea groups is 2. The lowest BCUT2D eigenvalue weighted by atomic mass is 9.91. The Bertz CT molecular complexity index is 1180. The summed E-state index contributed by atoms with van der Waals surface area (Å²) in [5.74, 6) is 0.962. The third-order valence-electron chi connectivity index (χ3n) is 6.48. The molecule has 3 aromatic rings. The topological polar surface area (TPSA) is 74.3 Å². The molecule has 0 aliphatic rings. The minimum atomic E-state index is -0.556. The molecule has 0 saturated carbocycles. The fraction of sp³-hybridized carbons (Fsp3) is 0.387. The van der Waals surface area contributed by atoms with E-state index in [4.69, 9.17) is 0 Å². The van der Waals surface area contributed by atoms with Gasteiger partial charge < -0.3 is 5.32 Å². The van der Waals surface area contributed by atoms with Gasteiger partial charge >= 0.3 is 12.1 Å². The molecule has 0 fully saturated rings. The number of hydrogen-bond acceptors (Lipinski definition) is 3. The van der Waals surface area contributed by atoms with Crippen molar-refractivity contribution in [1.29, 1.82) is 0 Å². The molecule has 1 aromatic heterocycles. The van der Waals surface area contributed by atoms with Gasteiger partial charge in [-0.05, 0) is 58.1 Å². The molecule has 0 aliphatic heterocycles. The van der Waals surface area contributed by atoms with Gasteiger partial charge in [-0.25, -0.2) is 19.5 Å². The Balaban J connectivity index is 2.19. The van der Waals surface area contributed by atoms with Crippen molar-refractivity contribution in [1.82, 2.24) is 4.98 Å². The molecule has 0 bridgehead atoms.